The van der Waals surface area contributed by atoms with Gasteiger partial charge in [0.25, 0.3) is 0 Å². The van der Waals surface area contributed by atoms with Crippen molar-refractivity contribution in [2.45, 2.75) is 39.2 Å². The van der Waals surface area contributed by atoms with Gasteiger partial charge in [-0.25, -0.2) is 0 Å². The summed E-state index contributed by atoms with van der Waals surface area (Å²) in [6.07, 6.45) is 0. The fraction of sp³-hybridized carbons (Fsp3) is 0. The highest BCUT2D eigenvalue weighted by Crippen LogP contribution is 2.55. The maximum atomic E-state index is 14.6. The third-order valence-electron chi connectivity index (χ3n) is 7.05. The fourth-order valence-corrected chi connectivity index (χ4v) is 9.80. The first-order valence-corrected chi connectivity index (χ1v) is 17.3. The molecule has 7 rings (SSSR count). The average Bonchev–Trinajstić information content (AvgIpc) is 3.08. The predicted octanol–water partition coefficient (Wildman–Crippen LogP) is 11.1. The molecule has 0 amide bonds. The van der Waals surface area contributed by atoms with Gasteiger partial charge >= 0.3 is 0 Å². The zero-order valence-corrected chi connectivity index (χ0v) is 26.6. The van der Waals surface area contributed by atoms with Gasteiger partial charge in [0.15, 0.2) is 11.6 Å². The number of carbonyl (C=O) groups excluding carboxylic acids is 2. The van der Waals surface area contributed by atoms with Gasteiger partial charge in [-0.15, -0.1) is 0 Å². The predicted molar refractivity (Wildman–Crippen MR) is 182 cm³/mol. The number of rotatable bonds is 8. The Morgan fingerprint density at radius 3 is 0.841 bits per heavy atom. The van der Waals surface area contributed by atoms with E-state index in [4.69, 9.17) is 0 Å². The van der Waals surface area contributed by atoms with Crippen LogP contribution in [0.25, 0.3) is 0 Å². The van der Waals surface area contributed by atoms with Crippen LogP contribution in [0.4, 0.5) is 0 Å². The lowest BCUT2D eigenvalue weighted by Gasteiger charge is -2.27. The van der Waals surface area contributed by atoms with Crippen LogP contribution >= 0.6 is 47.0 Å². The molecule has 6 heteroatoms. The highest BCUT2D eigenvalue weighted by atomic mass is 32.2. The van der Waals surface area contributed by atoms with Crippen LogP contribution in [0.1, 0.15) is 31.8 Å². The fourth-order valence-electron chi connectivity index (χ4n) is 5.05. The largest absolute Gasteiger partial charge is 0.289 e. The Bertz CT molecular complexity index is 1830. The minimum absolute atomic E-state index is 0.116. The lowest BCUT2D eigenvalue weighted by Crippen LogP contribution is -2.23. The van der Waals surface area contributed by atoms with Crippen LogP contribution in [0.15, 0.2) is 185 Å². The van der Waals surface area contributed by atoms with Crippen LogP contribution in [0, 0.1) is 0 Å². The van der Waals surface area contributed by atoms with Crippen LogP contribution in [0.5, 0.6) is 0 Å². The van der Waals surface area contributed by atoms with E-state index in [-0.39, 0.29) is 11.6 Å². The molecule has 0 fully saturated rings. The standard InChI is InChI=1S/C38H24O2S4/c39-33-29-23-13-14-24-30(29)34(40)32-31(33)35(41-25-15-5-1-6-16-25)37(43-27-19-9-3-10-20-27)38(44-28-21-11-4-12-22-28)36(32)42-26-17-7-2-8-18-26/h1-24H. The summed E-state index contributed by atoms with van der Waals surface area (Å²) in [5, 5.41) is 0. The normalized spacial score (nSPS) is 12.1. The second-order valence-corrected chi connectivity index (χ2v) is 14.3. The van der Waals surface area contributed by atoms with Gasteiger partial charge in [0, 0.05) is 50.3 Å². The van der Waals surface area contributed by atoms with E-state index in [1.807, 2.05) is 109 Å². The minimum Gasteiger partial charge on any atom is -0.289 e. The maximum absolute atomic E-state index is 14.6. The summed E-state index contributed by atoms with van der Waals surface area (Å²) in [7, 11) is 0. The summed E-state index contributed by atoms with van der Waals surface area (Å²) in [4.78, 5) is 36.8. The van der Waals surface area contributed by atoms with Gasteiger partial charge in [0.05, 0.1) is 11.1 Å². The van der Waals surface area contributed by atoms with Gasteiger partial charge in [0.2, 0.25) is 0 Å². The number of hydrogen-bond donors (Lipinski definition) is 0. The second-order valence-electron chi connectivity index (χ2n) is 9.93. The van der Waals surface area contributed by atoms with E-state index >= 15 is 0 Å². The summed E-state index contributed by atoms with van der Waals surface area (Å²) in [6.45, 7) is 0. The molecular formula is C38H24O2S4. The first-order chi connectivity index (χ1) is 21.7. The van der Waals surface area contributed by atoms with Crippen molar-refractivity contribution in [3.05, 3.63) is 168 Å². The van der Waals surface area contributed by atoms with Gasteiger partial charge in [-0.05, 0) is 48.5 Å². The molecule has 44 heavy (non-hydrogen) atoms. The lowest BCUT2D eigenvalue weighted by molar-refractivity contribution is 0.0973. The number of carbonyl (C=O) groups is 2. The summed E-state index contributed by atoms with van der Waals surface area (Å²) >= 11 is 6.39. The Kier molecular flexibility index (Phi) is 8.49. The molecule has 0 atom stereocenters. The zero-order valence-electron chi connectivity index (χ0n) is 23.3. The monoisotopic (exact) mass is 640 g/mol. The van der Waals surface area contributed by atoms with Crippen molar-refractivity contribution in [2.24, 2.45) is 0 Å². The quantitative estimate of drug-likeness (QED) is 0.164. The highest BCUT2D eigenvalue weighted by Gasteiger charge is 2.38. The van der Waals surface area contributed by atoms with Crippen LogP contribution in [-0.2, 0) is 0 Å². The molecule has 0 saturated heterocycles. The first-order valence-electron chi connectivity index (χ1n) is 14.0. The molecular weight excluding hydrogens is 617 g/mol. The van der Waals surface area contributed by atoms with E-state index in [2.05, 4.69) is 24.3 Å². The Morgan fingerprint density at radius 2 is 0.545 bits per heavy atom. The van der Waals surface area contributed by atoms with Gasteiger partial charge in [-0.2, -0.15) is 0 Å². The smallest absolute Gasteiger partial charge is 0.195 e. The van der Waals surface area contributed by atoms with Gasteiger partial charge in [0.1, 0.15) is 0 Å². The molecule has 0 heterocycles. The van der Waals surface area contributed by atoms with Gasteiger partial charge < -0.3 is 0 Å². The van der Waals surface area contributed by atoms with Crippen LogP contribution in [-0.4, -0.2) is 11.6 Å². The Labute approximate surface area is 273 Å². The summed E-state index contributed by atoms with van der Waals surface area (Å²) in [5.74, 6) is -0.232. The Balaban J connectivity index is 1.58. The zero-order chi connectivity index (χ0) is 29.9. The third-order valence-corrected chi connectivity index (χ3v) is 11.9. The molecule has 0 spiro atoms. The average molecular weight is 641 g/mol. The number of fused-ring (bicyclic) bond motifs is 2. The minimum atomic E-state index is -0.116. The summed E-state index contributed by atoms with van der Waals surface area (Å²) in [6, 6.07) is 47.9. The molecule has 0 unspecified atom stereocenters. The molecule has 0 N–H and O–H groups in total. The molecule has 0 saturated carbocycles. The van der Waals surface area contributed by atoms with E-state index in [0.717, 1.165) is 39.2 Å². The van der Waals surface area contributed by atoms with Crippen LogP contribution < -0.4 is 0 Å². The molecule has 0 bridgehead atoms. The SMILES string of the molecule is O=C1c2ccccc2C(=O)c2c(Sc3ccccc3)c(Sc3ccccc3)c(Sc3ccccc3)c(Sc3ccccc3)c21. The van der Waals surface area contributed by atoms with Crippen molar-refractivity contribution >= 4 is 58.6 Å². The van der Waals surface area contributed by atoms with Crippen molar-refractivity contribution < 1.29 is 9.59 Å². The van der Waals surface area contributed by atoms with Crippen molar-refractivity contribution in [3.8, 4) is 0 Å². The van der Waals surface area contributed by atoms with Crippen LogP contribution in [0.2, 0.25) is 0 Å². The molecule has 1 aliphatic carbocycles. The molecule has 6 aromatic carbocycles. The molecule has 0 radical (unpaired) electrons. The molecule has 6 aromatic rings. The Morgan fingerprint density at radius 1 is 0.295 bits per heavy atom. The highest BCUT2D eigenvalue weighted by molar-refractivity contribution is 8.05. The van der Waals surface area contributed by atoms with E-state index in [1.165, 1.54) is 0 Å². The van der Waals surface area contributed by atoms with E-state index in [0.29, 0.717) is 22.3 Å². The third kappa shape index (κ3) is 5.78. The first kappa shape index (κ1) is 28.8. The van der Waals surface area contributed by atoms with Crippen LogP contribution in [0.3, 0.4) is 0 Å². The maximum Gasteiger partial charge on any atom is 0.195 e. The summed E-state index contributed by atoms with van der Waals surface area (Å²) < 4.78 is 0. The van der Waals surface area contributed by atoms with E-state index in [9.17, 15) is 9.59 Å². The number of hydrogen-bond acceptors (Lipinski definition) is 6. The molecule has 212 valence electrons. The van der Waals surface area contributed by atoms with Gasteiger partial charge in [-0.3, -0.25) is 9.59 Å². The Hall–Kier alpha value is -3.94. The topological polar surface area (TPSA) is 34.1 Å². The van der Waals surface area contributed by atoms with E-state index < -0.39 is 0 Å². The van der Waals surface area contributed by atoms with Crippen molar-refractivity contribution in [2.75, 3.05) is 0 Å². The lowest BCUT2D eigenvalue weighted by atomic mass is 9.84. The van der Waals surface area contributed by atoms with Crippen molar-refractivity contribution in [3.63, 3.8) is 0 Å². The summed E-state index contributed by atoms with van der Waals surface area (Å²) in [5.41, 5.74) is 1.87. The molecule has 0 aromatic heterocycles. The van der Waals surface area contributed by atoms with E-state index in [1.54, 1.807) is 59.2 Å². The number of ketones is 2. The number of benzene rings is 6. The molecule has 0 aliphatic heterocycles. The molecule has 2 nitrogen and oxygen atoms in total. The van der Waals surface area contributed by atoms with Gasteiger partial charge in [-0.1, -0.05) is 144 Å². The second kappa shape index (κ2) is 13.0. The van der Waals surface area contributed by atoms with Crippen molar-refractivity contribution in [1.82, 2.24) is 0 Å². The molecule has 1 aliphatic rings. The van der Waals surface area contributed by atoms with Crippen molar-refractivity contribution in [1.29, 1.82) is 0 Å².